The number of benzene rings is 3. The molecule has 0 aliphatic carbocycles. The Kier molecular flexibility index (Phi) is 6.95. The minimum Gasteiger partial charge on any atom is -0.488 e. The molecule has 1 unspecified atom stereocenters. The van der Waals surface area contributed by atoms with E-state index in [0.29, 0.717) is 18.0 Å². The number of ether oxygens (including phenoxy) is 1. The van der Waals surface area contributed by atoms with Gasteiger partial charge in [0.25, 0.3) is 5.91 Å². The van der Waals surface area contributed by atoms with Gasteiger partial charge in [0.2, 0.25) is 0 Å². The largest absolute Gasteiger partial charge is 0.488 e. The standard InChI is InChI=1S/C23H22FN3O2/c1-17(26-21-13-11-20(24)12-14-21)23(28)27-25-15-19-9-5-6-10-22(19)29-16-18-7-3-2-4-8-18/h2-15,17,26H,16H2,1H3,(H,27,28)/b25-15+. The van der Waals surface area contributed by atoms with E-state index in [4.69, 9.17) is 4.74 Å². The van der Waals surface area contributed by atoms with Crippen LogP contribution in [0.3, 0.4) is 0 Å². The van der Waals surface area contributed by atoms with Crippen LogP contribution in [0.1, 0.15) is 18.1 Å². The van der Waals surface area contributed by atoms with E-state index in [2.05, 4.69) is 15.8 Å². The van der Waals surface area contributed by atoms with Crippen LogP contribution in [0.4, 0.5) is 10.1 Å². The zero-order valence-electron chi connectivity index (χ0n) is 16.0. The van der Waals surface area contributed by atoms with E-state index in [-0.39, 0.29) is 11.7 Å². The molecule has 1 atom stereocenters. The van der Waals surface area contributed by atoms with Crippen LogP contribution in [0.15, 0.2) is 84.0 Å². The van der Waals surface area contributed by atoms with Gasteiger partial charge in [-0.25, -0.2) is 9.82 Å². The summed E-state index contributed by atoms with van der Waals surface area (Å²) in [6.45, 7) is 2.14. The number of rotatable bonds is 8. The number of para-hydroxylation sites is 1. The molecule has 3 aromatic rings. The maximum Gasteiger partial charge on any atom is 0.262 e. The molecule has 2 N–H and O–H groups in total. The minimum atomic E-state index is -0.540. The Morgan fingerprint density at radius 3 is 2.48 bits per heavy atom. The SMILES string of the molecule is CC(Nc1ccc(F)cc1)C(=O)N/N=C/c1ccccc1OCc1ccccc1. The summed E-state index contributed by atoms with van der Waals surface area (Å²) >= 11 is 0. The van der Waals surface area contributed by atoms with Crippen molar-refractivity contribution in [2.24, 2.45) is 5.10 Å². The molecule has 6 heteroatoms. The summed E-state index contributed by atoms with van der Waals surface area (Å²) in [6.07, 6.45) is 1.54. The summed E-state index contributed by atoms with van der Waals surface area (Å²) in [4.78, 5) is 12.2. The third-order valence-electron chi connectivity index (χ3n) is 4.16. The number of carbonyl (C=O) groups is 1. The van der Waals surface area contributed by atoms with Gasteiger partial charge >= 0.3 is 0 Å². The van der Waals surface area contributed by atoms with Gasteiger partial charge in [0, 0.05) is 11.3 Å². The zero-order chi connectivity index (χ0) is 20.5. The first kappa shape index (κ1) is 20.1. The molecule has 0 fully saturated rings. The van der Waals surface area contributed by atoms with Crippen LogP contribution < -0.4 is 15.5 Å². The van der Waals surface area contributed by atoms with E-state index in [1.54, 1.807) is 25.3 Å². The van der Waals surface area contributed by atoms with Crippen molar-refractivity contribution >= 4 is 17.8 Å². The highest BCUT2D eigenvalue weighted by Gasteiger charge is 2.11. The molecule has 0 saturated carbocycles. The lowest BCUT2D eigenvalue weighted by atomic mass is 10.2. The number of nitrogens with one attached hydrogen (secondary N) is 2. The normalized spacial score (nSPS) is 11.8. The third-order valence-corrected chi connectivity index (χ3v) is 4.16. The van der Waals surface area contributed by atoms with Gasteiger partial charge in [-0.3, -0.25) is 4.79 Å². The molecule has 3 rings (SSSR count). The molecule has 29 heavy (non-hydrogen) atoms. The molecule has 1 amide bonds. The summed E-state index contributed by atoms with van der Waals surface area (Å²) in [5, 5.41) is 7.02. The van der Waals surface area contributed by atoms with Gasteiger partial charge in [-0.05, 0) is 48.9 Å². The van der Waals surface area contributed by atoms with Crippen LogP contribution in [0.25, 0.3) is 0 Å². The fourth-order valence-electron chi connectivity index (χ4n) is 2.58. The van der Waals surface area contributed by atoms with E-state index in [0.717, 1.165) is 11.1 Å². The Balaban J connectivity index is 1.55. The van der Waals surface area contributed by atoms with Gasteiger partial charge in [0.05, 0.1) is 6.21 Å². The fourth-order valence-corrected chi connectivity index (χ4v) is 2.58. The van der Waals surface area contributed by atoms with Crippen LogP contribution in [-0.2, 0) is 11.4 Å². The van der Waals surface area contributed by atoms with Crippen LogP contribution in [0.5, 0.6) is 5.75 Å². The van der Waals surface area contributed by atoms with Crippen LogP contribution in [0, 0.1) is 5.82 Å². The molecule has 0 heterocycles. The highest BCUT2D eigenvalue weighted by molar-refractivity contribution is 5.87. The highest BCUT2D eigenvalue weighted by atomic mass is 19.1. The maximum absolute atomic E-state index is 13.0. The highest BCUT2D eigenvalue weighted by Crippen LogP contribution is 2.17. The smallest absolute Gasteiger partial charge is 0.262 e. The number of amides is 1. The van der Waals surface area contributed by atoms with E-state index >= 15 is 0 Å². The number of halogens is 1. The average molecular weight is 391 g/mol. The predicted octanol–water partition coefficient (Wildman–Crippen LogP) is 4.36. The molecule has 0 bridgehead atoms. The summed E-state index contributed by atoms with van der Waals surface area (Å²) in [7, 11) is 0. The Hall–Kier alpha value is -3.67. The summed E-state index contributed by atoms with van der Waals surface area (Å²) < 4.78 is 18.8. The van der Waals surface area contributed by atoms with Crippen molar-refractivity contribution in [1.29, 1.82) is 0 Å². The summed E-state index contributed by atoms with van der Waals surface area (Å²) in [5.74, 6) is 0.0329. The quantitative estimate of drug-likeness (QED) is 0.443. The van der Waals surface area contributed by atoms with E-state index in [9.17, 15) is 9.18 Å². The molecular weight excluding hydrogens is 369 g/mol. The van der Waals surface area contributed by atoms with Crippen LogP contribution >= 0.6 is 0 Å². The molecule has 0 aliphatic heterocycles. The molecule has 0 saturated heterocycles. The summed E-state index contributed by atoms with van der Waals surface area (Å²) in [6, 6.07) is 22.6. The number of anilines is 1. The third kappa shape index (κ3) is 6.17. The second kappa shape index (κ2) is 10.0. The topological polar surface area (TPSA) is 62.7 Å². The Morgan fingerprint density at radius 2 is 1.72 bits per heavy atom. The predicted molar refractivity (Wildman–Crippen MR) is 112 cm³/mol. The van der Waals surface area contributed by atoms with Crippen molar-refractivity contribution in [3.63, 3.8) is 0 Å². The second-order valence-electron chi connectivity index (χ2n) is 6.42. The Labute approximate surface area is 169 Å². The lowest BCUT2D eigenvalue weighted by Crippen LogP contribution is -2.34. The second-order valence-corrected chi connectivity index (χ2v) is 6.42. The van der Waals surface area contributed by atoms with E-state index in [1.165, 1.54) is 12.1 Å². The number of nitrogens with zero attached hydrogens (tertiary/aromatic N) is 1. The molecule has 5 nitrogen and oxygen atoms in total. The van der Waals surface area contributed by atoms with Gasteiger partial charge in [-0.15, -0.1) is 0 Å². The monoisotopic (exact) mass is 391 g/mol. The first-order valence-corrected chi connectivity index (χ1v) is 9.22. The van der Waals surface area contributed by atoms with Gasteiger partial charge in [0.1, 0.15) is 24.2 Å². The molecule has 0 aromatic heterocycles. The van der Waals surface area contributed by atoms with Gasteiger partial charge in [0.15, 0.2) is 0 Å². The molecule has 3 aromatic carbocycles. The molecular formula is C23H22FN3O2. The fraction of sp³-hybridized carbons (Fsp3) is 0.130. The molecule has 0 spiro atoms. The molecule has 0 aliphatic rings. The average Bonchev–Trinajstić information content (AvgIpc) is 2.75. The van der Waals surface area contributed by atoms with Crippen molar-refractivity contribution in [3.05, 3.63) is 95.8 Å². The van der Waals surface area contributed by atoms with Gasteiger partial charge < -0.3 is 10.1 Å². The number of carbonyl (C=O) groups excluding carboxylic acids is 1. The summed E-state index contributed by atoms with van der Waals surface area (Å²) in [5.41, 5.74) is 4.97. The zero-order valence-corrected chi connectivity index (χ0v) is 16.0. The van der Waals surface area contributed by atoms with Crippen LogP contribution in [0.2, 0.25) is 0 Å². The molecule has 148 valence electrons. The van der Waals surface area contributed by atoms with E-state index < -0.39 is 6.04 Å². The van der Waals surface area contributed by atoms with Crippen molar-refractivity contribution in [3.8, 4) is 5.75 Å². The number of hydrogen-bond acceptors (Lipinski definition) is 4. The van der Waals surface area contributed by atoms with Gasteiger partial charge in [-0.1, -0.05) is 42.5 Å². The lowest BCUT2D eigenvalue weighted by molar-refractivity contribution is -0.121. The van der Waals surface area contributed by atoms with Crippen molar-refractivity contribution in [2.75, 3.05) is 5.32 Å². The Morgan fingerprint density at radius 1 is 1.03 bits per heavy atom. The van der Waals surface area contributed by atoms with Gasteiger partial charge in [-0.2, -0.15) is 5.10 Å². The first-order chi connectivity index (χ1) is 14.1. The minimum absolute atomic E-state index is 0.312. The first-order valence-electron chi connectivity index (χ1n) is 9.22. The number of hydrogen-bond donors (Lipinski definition) is 2. The lowest BCUT2D eigenvalue weighted by Gasteiger charge is -2.13. The Bertz CT molecular complexity index is 959. The van der Waals surface area contributed by atoms with Crippen molar-refractivity contribution in [2.45, 2.75) is 19.6 Å². The van der Waals surface area contributed by atoms with Crippen LogP contribution in [-0.4, -0.2) is 18.2 Å². The van der Waals surface area contributed by atoms with Crippen molar-refractivity contribution in [1.82, 2.24) is 5.43 Å². The van der Waals surface area contributed by atoms with E-state index in [1.807, 2.05) is 54.6 Å². The molecule has 0 radical (unpaired) electrons. The maximum atomic E-state index is 13.0. The number of hydrazone groups is 1. The van der Waals surface area contributed by atoms with Crippen molar-refractivity contribution < 1.29 is 13.9 Å².